The fraction of sp³-hybridized carbons (Fsp3) is 0.353. The van der Waals surface area contributed by atoms with Crippen molar-refractivity contribution < 1.29 is 0 Å². The number of hydrogen-bond donors (Lipinski definition) is 1. The van der Waals surface area contributed by atoms with Gasteiger partial charge in [-0.3, -0.25) is 4.98 Å². The molecular formula is C17H21IN2. The van der Waals surface area contributed by atoms with Crippen molar-refractivity contribution in [2.75, 3.05) is 6.54 Å². The third-order valence-corrected chi connectivity index (χ3v) is 4.22. The highest BCUT2D eigenvalue weighted by atomic mass is 127. The number of benzene rings is 1. The Labute approximate surface area is 135 Å². The molecule has 1 aromatic heterocycles. The first kappa shape index (κ1) is 15.4. The lowest BCUT2D eigenvalue weighted by molar-refractivity contribution is 0.460. The molecule has 0 aliphatic heterocycles. The number of nitrogens with zero attached hydrogens (tertiary/aromatic N) is 1. The summed E-state index contributed by atoms with van der Waals surface area (Å²) < 4.78 is 1.27. The van der Waals surface area contributed by atoms with Crippen molar-refractivity contribution in [1.82, 2.24) is 10.3 Å². The van der Waals surface area contributed by atoms with E-state index in [9.17, 15) is 0 Å². The summed E-state index contributed by atoms with van der Waals surface area (Å²) in [6.07, 6.45) is 3.01. The zero-order chi connectivity index (χ0) is 14.4. The van der Waals surface area contributed by atoms with Gasteiger partial charge in [-0.2, -0.15) is 0 Å². The van der Waals surface area contributed by atoms with Crippen LogP contribution in [0.15, 0.2) is 48.7 Å². The van der Waals surface area contributed by atoms with Crippen LogP contribution in [0.25, 0.3) is 0 Å². The van der Waals surface area contributed by atoms with Crippen molar-refractivity contribution in [3.63, 3.8) is 0 Å². The summed E-state index contributed by atoms with van der Waals surface area (Å²) >= 11 is 2.34. The van der Waals surface area contributed by atoms with E-state index in [4.69, 9.17) is 0 Å². The molecule has 2 atom stereocenters. The van der Waals surface area contributed by atoms with Crippen molar-refractivity contribution in [2.24, 2.45) is 0 Å². The van der Waals surface area contributed by atoms with Crippen molar-refractivity contribution in [1.29, 1.82) is 0 Å². The maximum absolute atomic E-state index is 4.51. The molecule has 0 bridgehead atoms. The van der Waals surface area contributed by atoms with E-state index >= 15 is 0 Å². The molecule has 1 heterocycles. The Balaban J connectivity index is 2.25. The van der Waals surface area contributed by atoms with Gasteiger partial charge in [0.25, 0.3) is 0 Å². The second-order valence-corrected chi connectivity index (χ2v) is 6.27. The van der Waals surface area contributed by atoms with E-state index in [0.717, 1.165) is 18.7 Å². The van der Waals surface area contributed by atoms with Crippen LogP contribution in [0.2, 0.25) is 0 Å². The normalized spacial score (nSPS) is 13.9. The molecule has 2 rings (SSSR count). The Morgan fingerprint density at radius 1 is 1.15 bits per heavy atom. The van der Waals surface area contributed by atoms with E-state index in [-0.39, 0.29) is 0 Å². The summed E-state index contributed by atoms with van der Waals surface area (Å²) in [5, 5.41) is 3.66. The lowest BCUT2D eigenvalue weighted by atomic mass is 9.91. The lowest BCUT2D eigenvalue weighted by Gasteiger charge is -2.25. The number of nitrogens with one attached hydrogen (secondary N) is 1. The largest absolute Gasteiger partial charge is 0.309 e. The number of pyridine rings is 1. The predicted octanol–water partition coefficient (Wildman–Crippen LogP) is 4.53. The Morgan fingerprint density at radius 3 is 2.50 bits per heavy atom. The zero-order valence-electron chi connectivity index (χ0n) is 12.0. The van der Waals surface area contributed by atoms with Gasteiger partial charge in [0.1, 0.15) is 0 Å². The first-order chi connectivity index (χ1) is 9.72. The van der Waals surface area contributed by atoms with Crippen LogP contribution in [0.4, 0.5) is 0 Å². The van der Waals surface area contributed by atoms with Gasteiger partial charge in [-0.1, -0.05) is 32.0 Å². The van der Waals surface area contributed by atoms with Gasteiger partial charge in [0.15, 0.2) is 0 Å². The summed E-state index contributed by atoms with van der Waals surface area (Å²) in [7, 11) is 0. The molecule has 0 fully saturated rings. The van der Waals surface area contributed by atoms with Crippen LogP contribution in [-0.2, 0) is 0 Å². The maximum atomic E-state index is 4.51. The smallest absolute Gasteiger partial charge is 0.0450 e. The standard InChI is InChI=1S/C17H21IN2/c1-3-11-20-17(14-7-9-15(18)10-8-14)13(2)16-6-4-5-12-19-16/h4-10,12-13,17,20H,3,11H2,1-2H3. The van der Waals surface area contributed by atoms with Crippen LogP contribution in [0, 0.1) is 3.57 Å². The average Bonchev–Trinajstić information content (AvgIpc) is 2.50. The summed E-state index contributed by atoms with van der Waals surface area (Å²) in [6, 6.07) is 15.2. The molecule has 20 heavy (non-hydrogen) atoms. The summed E-state index contributed by atoms with van der Waals surface area (Å²) in [6.45, 7) is 5.46. The van der Waals surface area contributed by atoms with Gasteiger partial charge in [-0.25, -0.2) is 0 Å². The van der Waals surface area contributed by atoms with Gasteiger partial charge in [0.2, 0.25) is 0 Å². The fourth-order valence-electron chi connectivity index (χ4n) is 2.37. The zero-order valence-corrected chi connectivity index (χ0v) is 14.2. The Morgan fingerprint density at radius 2 is 1.90 bits per heavy atom. The molecule has 2 nitrogen and oxygen atoms in total. The van der Waals surface area contributed by atoms with Gasteiger partial charge in [-0.15, -0.1) is 0 Å². The van der Waals surface area contributed by atoms with Crippen LogP contribution in [0.5, 0.6) is 0 Å². The van der Waals surface area contributed by atoms with Crippen molar-refractivity contribution in [3.8, 4) is 0 Å². The van der Waals surface area contributed by atoms with Gasteiger partial charge in [0, 0.05) is 27.4 Å². The van der Waals surface area contributed by atoms with E-state index in [1.165, 1.54) is 9.13 Å². The molecule has 1 aromatic carbocycles. The maximum Gasteiger partial charge on any atom is 0.0450 e. The summed E-state index contributed by atoms with van der Waals surface area (Å²) in [5.41, 5.74) is 2.47. The number of rotatable bonds is 6. The van der Waals surface area contributed by atoms with E-state index in [2.05, 4.69) is 83.1 Å². The molecule has 0 spiro atoms. The van der Waals surface area contributed by atoms with Crippen LogP contribution in [0.3, 0.4) is 0 Å². The molecule has 0 aliphatic carbocycles. The number of halogens is 1. The fourth-order valence-corrected chi connectivity index (χ4v) is 2.73. The monoisotopic (exact) mass is 380 g/mol. The van der Waals surface area contributed by atoms with Crippen LogP contribution >= 0.6 is 22.6 Å². The molecule has 1 N–H and O–H groups in total. The van der Waals surface area contributed by atoms with Gasteiger partial charge in [-0.05, 0) is 65.4 Å². The summed E-state index contributed by atoms with van der Waals surface area (Å²) in [4.78, 5) is 4.51. The number of aromatic nitrogens is 1. The first-order valence-corrected chi connectivity index (χ1v) is 8.20. The SMILES string of the molecule is CCCNC(c1ccc(I)cc1)C(C)c1ccccn1. The molecule has 0 aliphatic rings. The average molecular weight is 380 g/mol. The van der Waals surface area contributed by atoms with Crippen LogP contribution in [-0.4, -0.2) is 11.5 Å². The Hall–Kier alpha value is -0.940. The minimum Gasteiger partial charge on any atom is -0.309 e. The molecule has 0 saturated heterocycles. The minimum absolute atomic E-state index is 0.307. The topological polar surface area (TPSA) is 24.9 Å². The predicted molar refractivity (Wildman–Crippen MR) is 92.8 cm³/mol. The van der Waals surface area contributed by atoms with E-state index in [0.29, 0.717) is 12.0 Å². The van der Waals surface area contributed by atoms with Crippen LogP contribution < -0.4 is 5.32 Å². The van der Waals surface area contributed by atoms with Gasteiger partial charge < -0.3 is 5.32 Å². The van der Waals surface area contributed by atoms with Gasteiger partial charge in [0.05, 0.1) is 0 Å². The van der Waals surface area contributed by atoms with E-state index < -0.39 is 0 Å². The third-order valence-electron chi connectivity index (χ3n) is 3.50. The van der Waals surface area contributed by atoms with Crippen LogP contribution in [0.1, 0.15) is 43.5 Å². The van der Waals surface area contributed by atoms with E-state index in [1.807, 2.05) is 12.3 Å². The highest BCUT2D eigenvalue weighted by Gasteiger charge is 2.20. The molecule has 2 unspecified atom stereocenters. The molecule has 0 radical (unpaired) electrons. The highest BCUT2D eigenvalue weighted by Crippen LogP contribution is 2.29. The highest BCUT2D eigenvalue weighted by molar-refractivity contribution is 14.1. The van der Waals surface area contributed by atoms with Crippen molar-refractivity contribution >= 4 is 22.6 Å². The second-order valence-electron chi connectivity index (χ2n) is 5.03. The molecule has 0 amide bonds. The molecule has 3 heteroatoms. The lowest BCUT2D eigenvalue weighted by Crippen LogP contribution is -2.27. The molecule has 0 saturated carbocycles. The van der Waals surface area contributed by atoms with Gasteiger partial charge >= 0.3 is 0 Å². The minimum atomic E-state index is 0.307. The Kier molecular flexibility index (Phi) is 5.98. The second kappa shape index (κ2) is 7.74. The molecule has 2 aromatic rings. The van der Waals surface area contributed by atoms with E-state index in [1.54, 1.807) is 0 Å². The Bertz CT molecular complexity index is 510. The molecular weight excluding hydrogens is 359 g/mol. The quantitative estimate of drug-likeness (QED) is 0.745. The number of hydrogen-bond acceptors (Lipinski definition) is 2. The van der Waals surface area contributed by atoms with Crippen molar-refractivity contribution in [2.45, 2.75) is 32.2 Å². The summed E-state index contributed by atoms with van der Waals surface area (Å²) in [5.74, 6) is 0.350. The van der Waals surface area contributed by atoms with Crippen molar-refractivity contribution in [3.05, 3.63) is 63.5 Å². The third kappa shape index (κ3) is 4.03. The first-order valence-electron chi connectivity index (χ1n) is 7.12. The molecule has 106 valence electrons.